The van der Waals surface area contributed by atoms with E-state index >= 15 is 0 Å². The molecule has 0 aliphatic carbocycles. The molecule has 0 saturated heterocycles. The second-order valence-corrected chi connectivity index (χ2v) is 7.63. The number of aliphatic hydroxyl groups excluding tert-OH is 1. The third-order valence-electron chi connectivity index (χ3n) is 4.03. The Labute approximate surface area is 175 Å². The molecule has 0 spiro atoms. The van der Waals surface area contributed by atoms with E-state index < -0.39 is 11.7 Å². The molecule has 0 saturated carbocycles. The number of hydrogen-bond donors (Lipinski definition) is 3. The smallest absolute Gasteiger partial charge is 0.407 e. The normalized spacial score (nSPS) is 11.1. The molecule has 1 heterocycles. The van der Waals surface area contributed by atoms with Crippen LogP contribution in [-0.2, 0) is 17.9 Å². The van der Waals surface area contributed by atoms with Gasteiger partial charge in [0.2, 0.25) is 5.95 Å². The number of carbonyl (C=O) groups is 1. The highest BCUT2D eigenvalue weighted by Gasteiger charge is 2.16. The van der Waals surface area contributed by atoms with E-state index in [0.29, 0.717) is 11.8 Å². The fraction of sp³-hybridized carbons (Fsp3) is 0.273. The summed E-state index contributed by atoms with van der Waals surface area (Å²) in [6.45, 7) is 5.68. The topological polar surface area (TPSA) is 109 Å². The van der Waals surface area contributed by atoms with Crippen LogP contribution in [0, 0.1) is 0 Å². The number of aliphatic hydroxyl groups is 1. The van der Waals surface area contributed by atoms with Gasteiger partial charge in [-0.2, -0.15) is 4.98 Å². The van der Waals surface area contributed by atoms with E-state index in [-0.39, 0.29) is 13.2 Å². The Bertz CT molecular complexity index is 1020. The number of para-hydroxylation sites is 1. The van der Waals surface area contributed by atoms with Crippen LogP contribution in [0.5, 0.6) is 0 Å². The fourth-order valence-electron chi connectivity index (χ4n) is 2.70. The summed E-state index contributed by atoms with van der Waals surface area (Å²) in [4.78, 5) is 24.8. The first-order chi connectivity index (χ1) is 14.3. The molecule has 1 amide bonds. The summed E-state index contributed by atoms with van der Waals surface area (Å²) in [5.74, 6) is 0.867. The third-order valence-corrected chi connectivity index (χ3v) is 4.03. The molecule has 0 atom stereocenters. The highest BCUT2D eigenvalue weighted by molar-refractivity contribution is 5.68. The number of benzene rings is 2. The average molecular weight is 407 g/mol. The molecule has 3 N–H and O–H groups in total. The first-order valence-electron chi connectivity index (χ1n) is 9.55. The molecule has 156 valence electrons. The van der Waals surface area contributed by atoms with Crippen molar-refractivity contribution in [1.29, 1.82) is 0 Å². The second-order valence-electron chi connectivity index (χ2n) is 7.63. The van der Waals surface area contributed by atoms with Crippen molar-refractivity contribution in [3.63, 3.8) is 0 Å². The van der Waals surface area contributed by atoms with E-state index in [1.165, 1.54) is 6.33 Å². The first-order valence-corrected chi connectivity index (χ1v) is 9.55. The van der Waals surface area contributed by atoms with Gasteiger partial charge in [0.05, 0.1) is 6.61 Å². The van der Waals surface area contributed by atoms with Crippen LogP contribution in [0.4, 0.5) is 16.4 Å². The Kier molecular flexibility index (Phi) is 6.58. The van der Waals surface area contributed by atoms with Crippen LogP contribution in [0.1, 0.15) is 31.9 Å². The summed E-state index contributed by atoms with van der Waals surface area (Å²) in [5, 5.41) is 15.3. The van der Waals surface area contributed by atoms with Gasteiger partial charge in [0.1, 0.15) is 11.9 Å². The van der Waals surface area contributed by atoms with E-state index in [1.807, 2.05) is 69.3 Å². The highest BCUT2D eigenvalue weighted by atomic mass is 16.6. The van der Waals surface area contributed by atoms with Gasteiger partial charge in [0.25, 0.3) is 0 Å². The fourth-order valence-corrected chi connectivity index (χ4v) is 2.70. The van der Waals surface area contributed by atoms with Crippen molar-refractivity contribution in [1.82, 2.24) is 20.3 Å². The number of nitrogens with zero attached hydrogens (tertiary/aromatic N) is 3. The van der Waals surface area contributed by atoms with Crippen molar-refractivity contribution >= 4 is 17.7 Å². The molecule has 0 fully saturated rings. The Morgan fingerprint density at radius 1 is 1.10 bits per heavy atom. The maximum atomic E-state index is 12.0. The largest absolute Gasteiger partial charge is 0.444 e. The predicted octanol–water partition coefficient (Wildman–Crippen LogP) is 3.80. The minimum atomic E-state index is -0.559. The standard InChI is InChI=1S/C22H25N5O3/c1-22(2,3)30-21(29)23-12-17-8-4-5-10-18(17)26-20-25-14-24-19(27-20)16-9-6-7-15(11-16)13-28/h4-11,14,28H,12-13H2,1-3H3,(H,23,29)(H,24,25,26,27). The number of ether oxygens (including phenoxy) is 1. The van der Waals surface area contributed by atoms with Crippen molar-refractivity contribution < 1.29 is 14.6 Å². The molecule has 0 bridgehead atoms. The maximum Gasteiger partial charge on any atom is 0.407 e. The molecule has 3 rings (SSSR count). The summed E-state index contributed by atoms with van der Waals surface area (Å²) in [6.07, 6.45) is 0.946. The van der Waals surface area contributed by atoms with Crippen LogP contribution in [0.3, 0.4) is 0 Å². The second kappa shape index (κ2) is 9.32. The van der Waals surface area contributed by atoms with Crippen molar-refractivity contribution in [2.24, 2.45) is 0 Å². The van der Waals surface area contributed by atoms with Gasteiger partial charge in [-0.05, 0) is 44.0 Å². The minimum Gasteiger partial charge on any atom is -0.444 e. The number of hydrogen-bond acceptors (Lipinski definition) is 7. The lowest BCUT2D eigenvalue weighted by atomic mass is 10.1. The van der Waals surface area contributed by atoms with Crippen LogP contribution in [-0.4, -0.2) is 31.8 Å². The van der Waals surface area contributed by atoms with Crippen LogP contribution < -0.4 is 10.6 Å². The van der Waals surface area contributed by atoms with Gasteiger partial charge in [0, 0.05) is 17.8 Å². The quantitative estimate of drug-likeness (QED) is 0.570. The summed E-state index contributed by atoms with van der Waals surface area (Å²) < 4.78 is 5.28. The van der Waals surface area contributed by atoms with Gasteiger partial charge in [0.15, 0.2) is 5.82 Å². The zero-order chi connectivity index (χ0) is 21.6. The van der Waals surface area contributed by atoms with Crippen molar-refractivity contribution in [3.05, 3.63) is 66.0 Å². The molecular weight excluding hydrogens is 382 g/mol. The SMILES string of the molecule is CC(C)(C)OC(=O)NCc1ccccc1Nc1ncnc(-c2cccc(CO)c2)n1. The van der Waals surface area contributed by atoms with Crippen LogP contribution >= 0.6 is 0 Å². The third kappa shape index (κ3) is 5.99. The molecule has 0 unspecified atom stereocenters. The van der Waals surface area contributed by atoms with Gasteiger partial charge in [-0.25, -0.2) is 14.8 Å². The molecule has 3 aromatic rings. The molecule has 0 aliphatic rings. The summed E-state index contributed by atoms with van der Waals surface area (Å²) in [6, 6.07) is 14.9. The number of rotatable bonds is 6. The zero-order valence-electron chi connectivity index (χ0n) is 17.2. The summed E-state index contributed by atoms with van der Waals surface area (Å²) in [5.41, 5.74) is 2.62. The van der Waals surface area contributed by atoms with Crippen molar-refractivity contribution in [3.8, 4) is 11.4 Å². The van der Waals surface area contributed by atoms with Crippen LogP contribution in [0.2, 0.25) is 0 Å². The van der Waals surface area contributed by atoms with Crippen LogP contribution in [0.15, 0.2) is 54.9 Å². The van der Waals surface area contributed by atoms with Gasteiger partial charge in [-0.15, -0.1) is 0 Å². The Hall–Kier alpha value is -3.52. The molecule has 8 heteroatoms. The first kappa shape index (κ1) is 21.2. The van der Waals surface area contributed by atoms with Gasteiger partial charge in [-0.3, -0.25) is 0 Å². The average Bonchev–Trinajstić information content (AvgIpc) is 2.72. The number of carbonyl (C=O) groups excluding carboxylic acids is 1. The molecular formula is C22H25N5O3. The number of amides is 1. The molecule has 30 heavy (non-hydrogen) atoms. The Balaban J connectivity index is 1.75. The van der Waals surface area contributed by atoms with E-state index in [1.54, 1.807) is 0 Å². The van der Waals surface area contributed by atoms with E-state index in [9.17, 15) is 9.90 Å². The monoisotopic (exact) mass is 407 g/mol. The van der Waals surface area contributed by atoms with E-state index in [4.69, 9.17) is 4.74 Å². The molecule has 1 aromatic heterocycles. The van der Waals surface area contributed by atoms with Crippen LogP contribution in [0.25, 0.3) is 11.4 Å². The molecule has 2 aromatic carbocycles. The lowest BCUT2D eigenvalue weighted by Crippen LogP contribution is -2.32. The number of nitrogens with one attached hydrogen (secondary N) is 2. The predicted molar refractivity (Wildman–Crippen MR) is 114 cm³/mol. The Morgan fingerprint density at radius 2 is 1.90 bits per heavy atom. The van der Waals surface area contributed by atoms with Crippen molar-refractivity contribution in [2.75, 3.05) is 5.32 Å². The Morgan fingerprint density at radius 3 is 2.67 bits per heavy atom. The van der Waals surface area contributed by atoms with E-state index in [0.717, 1.165) is 22.4 Å². The van der Waals surface area contributed by atoms with Gasteiger partial charge >= 0.3 is 6.09 Å². The molecule has 0 aliphatic heterocycles. The number of alkyl carbamates (subject to hydrolysis) is 1. The number of aromatic nitrogens is 3. The van der Waals surface area contributed by atoms with Crippen molar-refractivity contribution in [2.45, 2.75) is 39.5 Å². The van der Waals surface area contributed by atoms with Gasteiger partial charge < -0.3 is 20.5 Å². The maximum absolute atomic E-state index is 12.0. The molecule has 0 radical (unpaired) electrons. The zero-order valence-corrected chi connectivity index (χ0v) is 17.2. The lowest BCUT2D eigenvalue weighted by Gasteiger charge is -2.20. The summed E-state index contributed by atoms with van der Waals surface area (Å²) >= 11 is 0. The lowest BCUT2D eigenvalue weighted by molar-refractivity contribution is 0.0523. The highest BCUT2D eigenvalue weighted by Crippen LogP contribution is 2.21. The summed E-state index contributed by atoms with van der Waals surface area (Å²) in [7, 11) is 0. The van der Waals surface area contributed by atoms with Gasteiger partial charge in [-0.1, -0.05) is 36.4 Å². The van der Waals surface area contributed by atoms with E-state index in [2.05, 4.69) is 25.6 Å². The minimum absolute atomic E-state index is 0.0535. The number of anilines is 2. The molecule has 8 nitrogen and oxygen atoms in total.